The maximum atomic E-state index is 12.6. The quantitative estimate of drug-likeness (QED) is 0.0206. The Labute approximate surface area is 303 Å². The predicted molar refractivity (Wildman–Crippen MR) is 204 cm³/mol. The normalized spacial score (nSPS) is 14.0. The molecule has 49 heavy (non-hydrogen) atoms. The predicted octanol–water partition coefficient (Wildman–Crippen LogP) is 10.9. The first-order valence-corrected chi connectivity index (χ1v) is 21.9. The molecule has 0 fully saturated rings. The second kappa shape index (κ2) is 34.3. The fourth-order valence-electron chi connectivity index (χ4n) is 5.60. The van der Waals surface area contributed by atoms with Crippen molar-refractivity contribution in [1.29, 1.82) is 0 Å². The summed E-state index contributed by atoms with van der Waals surface area (Å²) in [4.78, 5) is 24.9. The first kappa shape index (κ1) is 48.2. The van der Waals surface area contributed by atoms with Crippen molar-refractivity contribution in [2.45, 2.75) is 187 Å². The molecule has 0 saturated carbocycles. The minimum Gasteiger partial charge on any atom is -0.756 e. The molecule has 0 N–H and O–H groups in total. The van der Waals surface area contributed by atoms with Gasteiger partial charge in [0.05, 0.1) is 34.4 Å². The Hall–Kier alpha value is -0.760. The zero-order valence-corrected chi connectivity index (χ0v) is 33.8. The molecule has 2 atom stereocenters. The van der Waals surface area contributed by atoms with E-state index in [9.17, 15) is 14.3 Å². The average Bonchev–Trinajstić information content (AvgIpc) is 3.04. The Morgan fingerprint density at radius 1 is 0.612 bits per heavy atom. The number of carbonyl (C=O) groups is 1. The van der Waals surface area contributed by atoms with Crippen molar-refractivity contribution >= 4 is 13.8 Å². The fraction of sp³-hybridized carbons (Fsp3) is 0.925. The van der Waals surface area contributed by atoms with Crippen molar-refractivity contribution in [2.75, 3.05) is 54.1 Å². The van der Waals surface area contributed by atoms with Crippen LogP contribution in [-0.2, 0) is 27.9 Å². The highest BCUT2D eigenvalue weighted by Gasteiger charge is 2.20. The molecule has 0 amide bonds. The summed E-state index contributed by atoms with van der Waals surface area (Å²) in [5.41, 5.74) is 0. The zero-order valence-electron chi connectivity index (χ0n) is 32.9. The lowest BCUT2D eigenvalue weighted by Crippen LogP contribution is -2.37. The van der Waals surface area contributed by atoms with Crippen LogP contribution in [0.5, 0.6) is 0 Å². The van der Waals surface area contributed by atoms with Crippen LogP contribution < -0.4 is 4.89 Å². The lowest BCUT2D eigenvalue weighted by Gasteiger charge is -2.28. The summed E-state index contributed by atoms with van der Waals surface area (Å²) < 4.78 is 34.4. The third-order valence-electron chi connectivity index (χ3n) is 8.82. The highest BCUT2D eigenvalue weighted by molar-refractivity contribution is 7.45. The van der Waals surface area contributed by atoms with E-state index in [0.29, 0.717) is 24.1 Å². The molecule has 0 aromatic carbocycles. The van der Waals surface area contributed by atoms with Crippen molar-refractivity contribution in [1.82, 2.24) is 0 Å². The van der Waals surface area contributed by atoms with Crippen LogP contribution in [0.3, 0.4) is 0 Å². The molecule has 0 aromatic rings. The number of rotatable bonds is 38. The fourth-order valence-corrected chi connectivity index (χ4v) is 6.33. The number of hydrogen-bond donors (Lipinski definition) is 0. The van der Waals surface area contributed by atoms with Gasteiger partial charge in [-0.05, 0) is 38.5 Å². The Morgan fingerprint density at radius 2 is 1.06 bits per heavy atom. The molecule has 0 aromatic heterocycles. The second-order valence-electron chi connectivity index (χ2n) is 15.0. The molecule has 2 unspecified atom stereocenters. The number of phosphoric ester groups is 1. The molecule has 0 aliphatic rings. The molecule has 0 rings (SSSR count). The molecule has 292 valence electrons. The maximum absolute atomic E-state index is 12.6. The van der Waals surface area contributed by atoms with Gasteiger partial charge in [-0.3, -0.25) is 9.36 Å². The molecule has 0 saturated heterocycles. The lowest BCUT2D eigenvalue weighted by molar-refractivity contribution is -0.870. The van der Waals surface area contributed by atoms with Gasteiger partial charge >= 0.3 is 5.97 Å². The monoisotopic (exact) mass is 718 g/mol. The van der Waals surface area contributed by atoms with Gasteiger partial charge in [0.2, 0.25) is 0 Å². The Kier molecular flexibility index (Phi) is 33.8. The largest absolute Gasteiger partial charge is 0.756 e. The number of unbranched alkanes of at least 4 members (excludes halogenated alkanes) is 22. The van der Waals surface area contributed by atoms with Crippen LogP contribution in [-0.4, -0.2) is 70.7 Å². The van der Waals surface area contributed by atoms with Crippen LogP contribution in [0.15, 0.2) is 12.2 Å². The molecule has 0 radical (unpaired) electrons. The summed E-state index contributed by atoms with van der Waals surface area (Å²) in [6.07, 6.45) is 35.1. The van der Waals surface area contributed by atoms with Gasteiger partial charge in [0.15, 0.2) is 0 Å². The van der Waals surface area contributed by atoms with Crippen LogP contribution in [0.1, 0.15) is 181 Å². The number of quaternary nitrogens is 1. The third-order valence-corrected chi connectivity index (χ3v) is 9.78. The van der Waals surface area contributed by atoms with E-state index in [1.165, 1.54) is 128 Å². The van der Waals surface area contributed by atoms with Gasteiger partial charge in [-0.15, -0.1) is 0 Å². The van der Waals surface area contributed by atoms with Gasteiger partial charge in [0, 0.05) is 13.0 Å². The Bertz CT molecular complexity index is 802. The van der Waals surface area contributed by atoms with Crippen LogP contribution >= 0.6 is 7.82 Å². The van der Waals surface area contributed by atoms with E-state index >= 15 is 0 Å². The van der Waals surface area contributed by atoms with E-state index in [0.717, 1.165) is 32.1 Å². The summed E-state index contributed by atoms with van der Waals surface area (Å²) in [5.74, 6) is -0.337. The summed E-state index contributed by atoms with van der Waals surface area (Å²) in [6.45, 7) is 5.40. The van der Waals surface area contributed by atoms with Crippen LogP contribution in [0.4, 0.5) is 0 Å². The topological polar surface area (TPSA) is 94.1 Å². The maximum Gasteiger partial charge on any atom is 0.306 e. The van der Waals surface area contributed by atoms with Crippen molar-refractivity contribution in [3.05, 3.63) is 12.2 Å². The van der Waals surface area contributed by atoms with Crippen molar-refractivity contribution in [3.8, 4) is 0 Å². The van der Waals surface area contributed by atoms with Crippen LogP contribution in [0, 0.1) is 0 Å². The number of hydrogen-bond acceptors (Lipinski definition) is 7. The molecule has 0 aliphatic heterocycles. The summed E-state index contributed by atoms with van der Waals surface area (Å²) >= 11 is 0. The molecular weight excluding hydrogens is 637 g/mol. The van der Waals surface area contributed by atoms with Gasteiger partial charge in [-0.1, -0.05) is 148 Å². The van der Waals surface area contributed by atoms with Gasteiger partial charge in [0.1, 0.15) is 19.3 Å². The standard InChI is InChI=1S/C40H80NO7P/c1-6-8-10-12-14-16-17-18-19-20-21-22-23-24-26-28-30-32-35-45-37-39(38-47-49(43,44)46-36-34-41(3,4)5)48-40(42)33-31-29-27-25-15-13-11-9-7-2/h18-19,39H,6-17,20-38H2,1-5H3/b19-18-. The van der Waals surface area contributed by atoms with Gasteiger partial charge in [-0.25, -0.2) is 0 Å². The number of ether oxygens (including phenoxy) is 2. The minimum absolute atomic E-state index is 0.0283. The van der Waals surface area contributed by atoms with E-state index in [-0.39, 0.29) is 25.8 Å². The lowest BCUT2D eigenvalue weighted by atomic mass is 10.1. The average molecular weight is 718 g/mol. The van der Waals surface area contributed by atoms with E-state index in [1.54, 1.807) is 0 Å². The zero-order chi connectivity index (χ0) is 36.3. The van der Waals surface area contributed by atoms with Gasteiger partial charge in [-0.2, -0.15) is 0 Å². The smallest absolute Gasteiger partial charge is 0.306 e. The van der Waals surface area contributed by atoms with Crippen molar-refractivity contribution in [3.63, 3.8) is 0 Å². The number of phosphoric acid groups is 1. The number of esters is 1. The number of allylic oxidation sites excluding steroid dienone is 2. The number of likely N-dealkylation sites (N-methyl/N-ethyl adjacent to an activating group) is 1. The SMILES string of the molecule is CCCCCCCC/C=C\CCCCCCCCCCOCC(COP(=O)([O-])OCC[N+](C)(C)C)OC(=O)CCCCCCCCCCC. The van der Waals surface area contributed by atoms with Gasteiger partial charge in [0.25, 0.3) is 7.82 Å². The van der Waals surface area contributed by atoms with Gasteiger partial charge < -0.3 is 27.9 Å². The Morgan fingerprint density at radius 3 is 1.55 bits per heavy atom. The number of nitrogens with zero attached hydrogens (tertiary/aromatic N) is 1. The minimum atomic E-state index is -4.51. The molecule has 9 heteroatoms. The van der Waals surface area contributed by atoms with E-state index in [1.807, 2.05) is 21.1 Å². The summed E-state index contributed by atoms with van der Waals surface area (Å²) in [7, 11) is 1.36. The van der Waals surface area contributed by atoms with E-state index < -0.39 is 13.9 Å². The molecule has 0 heterocycles. The highest BCUT2D eigenvalue weighted by Crippen LogP contribution is 2.38. The van der Waals surface area contributed by atoms with E-state index in [2.05, 4.69) is 26.0 Å². The van der Waals surface area contributed by atoms with E-state index in [4.69, 9.17) is 18.5 Å². The Balaban J connectivity index is 4.17. The molecule has 8 nitrogen and oxygen atoms in total. The first-order chi connectivity index (χ1) is 23.6. The molecule has 0 spiro atoms. The molecule has 0 aliphatic carbocycles. The summed E-state index contributed by atoms with van der Waals surface area (Å²) in [6, 6.07) is 0. The highest BCUT2D eigenvalue weighted by atomic mass is 31.2. The second-order valence-corrected chi connectivity index (χ2v) is 16.4. The molecule has 0 bridgehead atoms. The number of carbonyl (C=O) groups excluding carboxylic acids is 1. The van der Waals surface area contributed by atoms with Crippen molar-refractivity contribution < 1.29 is 37.3 Å². The third kappa shape index (κ3) is 38.3. The summed E-state index contributed by atoms with van der Waals surface area (Å²) in [5, 5.41) is 0. The first-order valence-electron chi connectivity index (χ1n) is 20.4. The van der Waals surface area contributed by atoms with Crippen LogP contribution in [0.25, 0.3) is 0 Å². The van der Waals surface area contributed by atoms with Crippen LogP contribution in [0.2, 0.25) is 0 Å². The molecular formula is C40H80NO7P. The van der Waals surface area contributed by atoms with Crippen molar-refractivity contribution in [2.24, 2.45) is 0 Å².